The van der Waals surface area contributed by atoms with Crippen molar-refractivity contribution in [2.45, 2.75) is 18.8 Å². The van der Waals surface area contributed by atoms with E-state index in [1.54, 1.807) is 16.8 Å². The molecule has 1 aliphatic heterocycles. The van der Waals surface area contributed by atoms with Crippen LogP contribution in [-0.2, 0) is 7.05 Å². The van der Waals surface area contributed by atoms with Gasteiger partial charge in [-0.1, -0.05) is 11.6 Å². The monoisotopic (exact) mass is 308 g/mol. The molecule has 2 aromatic heterocycles. The number of piperidine rings is 1. The van der Waals surface area contributed by atoms with Crippen LogP contribution in [0.2, 0.25) is 5.02 Å². The van der Waals surface area contributed by atoms with E-state index in [1.165, 1.54) is 0 Å². The number of halogens is 1. The summed E-state index contributed by atoms with van der Waals surface area (Å²) in [4.78, 5) is 18.6. The van der Waals surface area contributed by atoms with Gasteiger partial charge in [0.15, 0.2) is 0 Å². The molecule has 1 atom stereocenters. The minimum Gasteiger partial charge on any atom is -0.367 e. The first-order chi connectivity index (χ1) is 10.0. The Morgan fingerprint density at radius 2 is 2.38 bits per heavy atom. The molecule has 2 aromatic rings. The standard InChI is InChI=1S/C13H17ClN6O/c1-19-7-9(14)5-10(19)12(21)20-4-2-3-8(6-20)11-16-13(15)18-17-11/h5,7-8H,2-4,6H2,1H3,(H3,15,16,17,18). The molecule has 112 valence electrons. The largest absolute Gasteiger partial charge is 0.367 e. The molecular formula is C13H17ClN6O. The van der Waals surface area contributed by atoms with Crippen LogP contribution in [0.15, 0.2) is 12.3 Å². The first-order valence-electron chi connectivity index (χ1n) is 6.83. The second-order valence-corrected chi connectivity index (χ2v) is 5.76. The van der Waals surface area contributed by atoms with E-state index in [4.69, 9.17) is 17.3 Å². The summed E-state index contributed by atoms with van der Waals surface area (Å²) < 4.78 is 1.75. The van der Waals surface area contributed by atoms with Gasteiger partial charge in [0.2, 0.25) is 5.95 Å². The van der Waals surface area contributed by atoms with E-state index in [1.807, 2.05) is 11.9 Å². The highest BCUT2D eigenvalue weighted by Crippen LogP contribution is 2.26. The zero-order valence-corrected chi connectivity index (χ0v) is 12.5. The maximum absolute atomic E-state index is 12.6. The number of likely N-dealkylation sites (tertiary alicyclic amines) is 1. The van der Waals surface area contributed by atoms with Crippen LogP contribution in [0.5, 0.6) is 0 Å². The van der Waals surface area contributed by atoms with Crippen LogP contribution >= 0.6 is 11.6 Å². The molecule has 0 saturated carbocycles. The quantitative estimate of drug-likeness (QED) is 0.877. The van der Waals surface area contributed by atoms with Gasteiger partial charge in [-0.3, -0.25) is 9.89 Å². The Morgan fingerprint density at radius 1 is 1.57 bits per heavy atom. The summed E-state index contributed by atoms with van der Waals surface area (Å²) in [5, 5.41) is 7.26. The Balaban J connectivity index is 1.77. The fourth-order valence-electron chi connectivity index (χ4n) is 2.75. The molecule has 21 heavy (non-hydrogen) atoms. The van der Waals surface area contributed by atoms with Gasteiger partial charge < -0.3 is 15.2 Å². The smallest absolute Gasteiger partial charge is 0.270 e. The van der Waals surface area contributed by atoms with Gasteiger partial charge in [0.25, 0.3) is 5.91 Å². The number of aromatic nitrogens is 4. The molecule has 8 heteroatoms. The number of rotatable bonds is 2. The molecule has 0 aliphatic carbocycles. The Bertz CT molecular complexity index is 663. The molecule has 1 fully saturated rings. The van der Waals surface area contributed by atoms with Gasteiger partial charge in [-0.05, 0) is 18.9 Å². The zero-order valence-electron chi connectivity index (χ0n) is 11.7. The van der Waals surface area contributed by atoms with Gasteiger partial charge in [-0.2, -0.15) is 4.98 Å². The number of aromatic amines is 1. The lowest BCUT2D eigenvalue weighted by molar-refractivity contribution is 0.0695. The summed E-state index contributed by atoms with van der Waals surface area (Å²) in [7, 11) is 1.82. The topological polar surface area (TPSA) is 92.8 Å². The van der Waals surface area contributed by atoms with Crippen molar-refractivity contribution < 1.29 is 4.79 Å². The molecule has 0 bridgehead atoms. The van der Waals surface area contributed by atoms with E-state index in [9.17, 15) is 4.79 Å². The molecule has 0 spiro atoms. The normalized spacial score (nSPS) is 19.0. The van der Waals surface area contributed by atoms with Crippen molar-refractivity contribution >= 4 is 23.5 Å². The Kier molecular flexibility index (Phi) is 3.59. The van der Waals surface area contributed by atoms with E-state index in [0.717, 1.165) is 25.2 Å². The van der Waals surface area contributed by atoms with Crippen LogP contribution in [0.1, 0.15) is 35.1 Å². The van der Waals surface area contributed by atoms with Crippen molar-refractivity contribution in [2.75, 3.05) is 18.8 Å². The third-order valence-electron chi connectivity index (χ3n) is 3.81. The molecule has 3 heterocycles. The number of aryl methyl sites for hydroxylation is 1. The van der Waals surface area contributed by atoms with Crippen LogP contribution in [0, 0.1) is 0 Å². The van der Waals surface area contributed by atoms with Gasteiger partial charge in [0.05, 0.1) is 5.02 Å². The summed E-state index contributed by atoms with van der Waals surface area (Å²) in [6.07, 6.45) is 3.62. The fourth-order valence-corrected chi connectivity index (χ4v) is 3.00. The molecule has 1 amide bonds. The minimum absolute atomic E-state index is 0.0124. The lowest BCUT2D eigenvalue weighted by atomic mass is 9.97. The highest BCUT2D eigenvalue weighted by atomic mass is 35.5. The third-order valence-corrected chi connectivity index (χ3v) is 4.01. The Morgan fingerprint density at radius 3 is 3.00 bits per heavy atom. The first kappa shape index (κ1) is 13.9. The summed E-state index contributed by atoms with van der Waals surface area (Å²) in [5.74, 6) is 1.11. The maximum atomic E-state index is 12.6. The van der Waals surface area contributed by atoms with Crippen molar-refractivity contribution in [3.8, 4) is 0 Å². The number of nitrogens with zero attached hydrogens (tertiary/aromatic N) is 4. The van der Waals surface area contributed by atoms with Crippen molar-refractivity contribution in [2.24, 2.45) is 7.05 Å². The summed E-state index contributed by atoms with van der Waals surface area (Å²) in [6, 6.07) is 1.69. The number of hydrogen-bond acceptors (Lipinski definition) is 4. The van der Waals surface area contributed by atoms with Gasteiger partial charge in [0.1, 0.15) is 11.5 Å². The van der Waals surface area contributed by atoms with Crippen molar-refractivity contribution in [1.29, 1.82) is 0 Å². The molecule has 0 radical (unpaired) electrons. The van der Waals surface area contributed by atoms with Crippen LogP contribution in [0.4, 0.5) is 5.95 Å². The zero-order chi connectivity index (χ0) is 15.0. The van der Waals surface area contributed by atoms with E-state index in [-0.39, 0.29) is 17.8 Å². The van der Waals surface area contributed by atoms with Crippen LogP contribution in [-0.4, -0.2) is 43.6 Å². The minimum atomic E-state index is -0.0124. The predicted molar refractivity (Wildman–Crippen MR) is 79.1 cm³/mol. The number of amides is 1. The average Bonchev–Trinajstić information content (AvgIpc) is 3.04. The summed E-state index contributed by atoms with van der Waals surface area (Å²) in [6.45, 7) is 1.35. The third kappa shape index (κ3) is 2.73. The van der Waals surface area contributed by atoms with Gasteiger partial charge in [0, 0.05) is 32.3 Å². The van der Waals surface area contributed by atoms with Crippen LogP contribution in [0.3, 0.4) is 0 Å². The number of nitrogen functional groups attached to an aromatic ring is 1. The number of carbonyl (C=O) groups is 1. The highest BCUT2D eigenvalue weighted by molar-refractivity contribution is 6.31. The molecule has 1 unspecified atom stereocenters. The summed E-state index contributed by atoms with van der Waals surface area (Å²) in [5.41, 5.74) is 6.14. The van der Waals surface area contributed by atoms with Crippen molar-refractivity contribution in [1.82, 2.24) is 24.6 Å². The number of H-pyrrole nitrogens is 1. The molecule has 3 rings (SSSR count). The van der Waals surface area contributed by atoms with Crippen LogP contribution < -0.4 is 5.73 Å². The number of hydrogen-bond donors (Lipinski definition) is 2. The molecule has 3 N–H and O–H groups in total. The SMILES string of the molecule is Cn1cc(Cl)cc1C(=O)N1CCCC(c2nc(N)n[nH]2)C1. The van der Waals surface area contributed by atoms with E-state index in [0.29, 0.717) is 17.3 Å². The molecular weight excluding hydrogens is 292 g/mol. The van der Waals surface area contributed by atoms with Gasteiger partial charge in [-0.15, -0.1) is 5.10 Å². The van der Waals surface area contributed by atoms with Gasteiger partial charge >= 0.3 is 0 Å². The molecule has 1 aliphatic rings. The molecule has 1 saturated heterocycles. The first-order valence-corrected chi connectivity index (χ1v) is 7.21. The number of nitrogens with two attached hydrogens (primary N) is 1. The van der Waals surface area contributed by atoms with Gasteiger partial charge in [-0.25, -0.2) is 0 Å². The van der Waals surface area contributed by atoms with E-state index >= 15 is 0 Å². The Labute approximate surface area is 127 Å². The van der Waals surface area contributed by atoms with E-state index < -0.39 is 0 Å². The molecule has 7 nitrogen and oxygen atoms in total. The lowest BCUT2D eigenvalue weighted by Gasteiger charge is -2.31. The average molecular weight is 309 g/mol. The van der Waals surface area contributed by atoms with Crippen molar-refractivity contribution in [3.63, 3.8) is 0 Å². The molecule has 0 aromatic carbocycles. The highest BCUT2D eigenvalue weighted by Gasteiger charge is 2.28. The Hall–Kier alpha value is -2.02. The lowest BCUT2D eigenvalue weighted by Crippen LogP contribution is -2.40. The number of anilines is 1. The number of nitrogens with one attached hydrogen (secondary N) is 1. The second kappa shape index (κ2) is 5.40. The second-order valence-electron chi connectivity index (χ2n) is 5.32. The van der Waals surface area contributed by atoms with Crippen molar-refractivity contribution in [3.05, 3.63) is 28.8 Å². The maximum Gasteiger partial charge on any atom is 0.270 e. The predicted octanol–water partition coefficient (Wildman–Crippen LogP) is 1.40. The number of carbonyl (C=O) groups excluding carboxylic acids is 1. The van der Waals surface area contributed by atoms with Crippen LogP contribution in [0.25, 0.3) is 0 Å². The van der Waals surface area contributed by atoms with E-state index in [2.05, 4.69) is 15.2 Å². The fraction of sp³-hybridized carbons (Fsp3) is 0.462. The summed E-state index contributed by atoms with van der Waals surface area (Å²) >= 11 is 5.95.